The summed E-state index contributed by atoms with van der Waals surface area (Å²) in [6, 6.07) is 14.1. The van der Waals surface area contributed by atoms with Crippen molar-refractivity contribution in [3.8, 4) is 11.5 Å². The largest absolute Gasteiger partial charge is 0.497 e. The highest BCUT2D eigenvalue weighted by Crippen LogP contribution is 2.31. The smallest absolute Gasteiger partial charge is 0.338 e. The summed E-state index contributed by atoms with van der Waals surface area (Å²) >= 11 is 1.28. The van der Waals surface area contributed by atoms with Gasteiger partial charge in [0, 0.05) is 0 Å². The number of thiazole rings is 1. The van der Waals surface area contributed by atoms with Gasteiger partial charge in [0.05, 0.1) is 42.2 Å². The topological polar surface area (TPSA) is 79.1 Å². The molecule has 4 rings (SSSR count). The first-order valence-electron chi connectivity index (χ1n) is 10.8. The lowest BCUT2D eigenvalue weighted by atomic mass is 9.96. The van der Waals surface area contributed by atoms with Gasteiger partial charge in [-0.15, -0.1) is 0 Å². The van der Waals surface area contributed by atoms with E-state index in [4.69, 9.17) is 14.2 Å². The summed E-state index contributed by atoms with van der Waals surface area (Å²) in [6.07, 6.45) is 1.50. The zero-order valence-corrected chi connectivity index (χ0v) is 20.5. The van der Waals surface area contributed by atoms with E-state index in [0.29, 0.717) is 32.1 Å². The van der Waals surface area contributed by atoms with E-state index >= 15 is 0 Å². The van der Waals surface area contributed by atoms with Crippen LogP contribution in [0.4, 0.5) is 0 Å². The highest BCUT2D eigenvalue weighted by atomic mass is 32.1. The number of allylic oxidation sites excluding steroid dienone is 1. The molecule has 3 aromatic rings. The van der Waals surface area contributed by atoms with Crippen molar-refractivity contribution in [3.63, 3.8) is 0 Å². The van der Waals surface area contributed by atoms with E-state index in [0.717, 1.165) is 11.1 Å². The molecule has 0 saturated carbocycles. The third-order valence-corrected chi connectivity index (χ3v) is 6.39. The van der Waals surface area contributed by atoms with Gasteiger partial charge < -0.3 is 14.2 Å². The van der Waals surface area contributed by atoms with Gasteiger partial charge in [-0.05, 0) is 62.2 Å². The Labute approximate surface area is 201 Å². The molecule has 1 aromatic heterocycles. The average molecular weight is 479 g/mol. The zero-order valence-electron chi connectivity index (χ0n) is 19.7. The van der Waals surface area contributed by atoms with Crippen LogP contribution in [0.1, 0.15) is 37.9 Å². The van der Waals surface area contributed by atoms with Gasteiger partial charge in [-0.1, -0.05) is 35.6 Å². The Kier molecular flexibility index (Phi) is 6.70. The minimum absolute atomic E-state index is 0.227. The van der Waals surface area contributed by atoms with Crippen LogP contribution in [0, 0.1) is 0 Å². The molecule has 7 nitrogen and oxygen atoms in total. The van der Waals surface area contributed by atoms with Crippen molar-refractivity contribution in [1.82, 2.24) is 4.57 Å². The van der Waals surface area contributed by atoms with Crippen molar-refractivity contribution in [1.29, 1.82) is 0 Å². The van der Waals surface area contributed by atoms with Crippen LogP contribution in [0.15, 0.2) is 69.6 Å². The number of ether oxygens (including phenoxy) is 3. The zero-order chi connectivity index (χ0) is 24.4. The summed E-state index contributed by atoms with van der Waals surface area (Å²) in [5, 5.41) is 0. The Balaban J connectivity index is 1.92. The van der Waals surface area contributed by atoms with Crippen LogP contribution in [-0.2, 0) is 9.53 Å². The Bertz CT molecular complexity index is 1430. The summed E-state index contributed by atoms with van der Waals surface area (Å²) in [5.41, 5.74) is 2.25. The lowest BCUT2D eigenvalue weighted by molar-refractivity contribution is -0.143. The third kappa shape index (κ3) is 4.54. The molecule has 0 bridgehead atoms. The van der Waals surface area contributed by atoms with E-state index in [1.807, 2.05) is 54.6 Å². The summed E-state index contributed by atoms with van der Waals surface area (Å²) < 4.78 is 18.2. The standard InChI is InChI=1S/C26H26N2O5S/c1-15(2)33-25(30)22-16(3)27-26-28(23(22)18-9-11-19(31-4)12-10-18)24(29)21(34-26)14-17-7-6-8-20(13-17)32-5/h6-15,23H,1-5H3. The molecule has 0 radical (unpaired) electrons. The molecular formula is C26H26N2O5S. The normalized spacial score (nSPS) is 15.7. The number of hydrogen-bond acceptors (Lipinski definition) is 7. The highest BCUT2D eigenvalue weighted by Gasteiger charge is 2.33. The maximum atomic E-state index is 13.6. The molecule has 1 atom stereocenters. The van der Waals surface area contributed by atoms with Crippen molar-refractivity contribution in [2.24, 2.45) is 4.99 Å². The molecule has 34 heavy (non-hydrogen) atoms. The van der Waals surface area contributed by atoms with Crippen LogP contribution in [0.25, 0.3) is 6.08 Å². The molecule has 1 aliphatic heterocycles. The van der Waals surface area contributed by atoms with Crippen LogP contribution < -0.4 is 24.4 Å². The molecule has 0 saturated heterocycles. The maximum absolute atomic E-state index is 13.6. The van der Waals surface area contributed by atoms with Crippen molar-refractivity contribution >= 4 is 23.4 Å². The SMILES string of the molecule is COc1ccc(C2C(C(=O)OC(C)C)=C(C)N=c3sc(=Cc4cccc(OC)c4)c(=O)n32)cc1. The molecule has 176 valence electrons. The second-order valence-corrected chi connectivity index (χ2v) is 9.09. The quantitative estimate of drug-likeness (QED) is 0.509. The molecule has 1 unspecified atom stereocenters. The van der Waals surface area contributed by atoms with Crippen molar-refractivity contribution in [3.05, 3.63) is 90.6 Å². The fraction of sp³-hybridized carbons (Fsp3) is 0.269. The molecule has 0 N–H and O–H groups in total. The first-order valence-corrected chi connectivity index (χ1v) is 11.7. The predicted octanol–water partition coefficient (Wildman–Crippen LogP) is 3.20. The molecule has 8 heteroatoms. The fourth-order valence-corrected chi connectivity index (χ4v) is 4.89. The molecule has 2 heterocycles. The fourth-order valence-electron chi connectivity index (χ4n) is 3.84. The molecule has 1 aliphatic rings. The third-order valence-electron chi connectivity index (χ3n) is 5.41. The van der Waals surface area contributed by atoms with Gasteiger partial charge in [-0.3, -0.25) is 9.36 Å². The van der Waals surface area contributed by atoms with Crippen molar-refractivity contribution in [2.45, 2.75) is 32.9 Å². The number of aromatic nitrogens is 1. The van der Waals surface area contributed by atoms with Gasteiger partial charge >= 0.3 is 5.97 Å². The summed E-state index contributed by atoms with van der Waals surface area (Å²) in [6.45, 7) is 5.35. The minimum atomic E-state index is -0.666. The monoisotopic (exact) mass is 478 g/mol. The van der Waals surface area contributed by atoms with Crippen LogP contribution in [0.2, 0.25) is 0 Å². The first-order chi connectivity index (χ1) is 16.3. The van der Waals surface area contributed by atoms with E-state index in [9.17, 15) is 9.59 Å². The number of esters is 1. The lowest BCUT2D eigenvalue weighted by Crippen LogP contribution is -2.40. The number of hydrogen-bond donors (Lipinski definition) is 0. The van der Waals surface area contributed by atoms with Crippen molar-refractivity contribution < 1.29 is 19.0 Å². The summed E-state index contributed by atoms with van der Waals surface area (Å²) in [5.74, 6) is 0.896. The van der Waals surface area contributed by atoms with E-state index < -0.39 is 12.0 Å². The Morgan fingerprint density at radius 2 is 1.79 bits per heavy atom. The van der Waals surface area contributed by atoms with Gasteiger partial charge in [-0.2, -0.15) is 0 Å². The second kappa shape index (κ2) is 9.69. The second-order valence-electron chi connectivity index (χ2n) is 8.09. The lowest BCUT2D eigenvalue weighted by Gasteiger charge is -2.25. The van der Waals surface area contributed by atoms with E-state index in [1.165, 1.54) is 11.3 Å². The van der Waals surface area contributed by atoms with Crippen LogP contribution in [0.5, 0.6) is 11.5 Å². The van der Waals surface area contributed by atoms with Gasteiger partial charge in [0.2, 0.25) is 0 Å². The molecule has 2 aromatic carbocycles. The number of rotatable bonds is 6. The number of methoxy groups -OCH3 is 2. The van der Waals surface area contributed by atoms with Crippen LogP contribution >= 0.6 is 11.3 Å². The van der Waals surface area contributed by atoms with Crippen LogP contribution in [-0.4, -0.2) is 30.9 Å². The number of fused-ring (bicyclic) bond motifs is 1. The summed E-state index contributed by atoms with van der Waals surface area (Å²) in [4.78, 5) is 31.9. The van der Waals surface area contributed by atoms with E-state index in [2.05, 4.69) is 4.99 Å². The number of benzene rings is 2. The minimum Gasteiger partial charge on any atom is -0.497 e. The van der Waals surface area contributed by atoms with Gasteiger partial charge in [-0.25, -0.2) is 9.79 Å². The molecule has 0 amide bonds. The molecule has 0 spiro atoms. The van der Waals surface area contributed by atoms with E-state index in [1.54, 1.807) is 39.6 Å². The number of nitrogens with zero attached hydrogens (tertiary/aromatic N) is 2. The maximum Gasteiger partial charge on any atom is 0.338 e. The van der Waals surface area contributed by atoms with Crippen LogP contribution in [0.3, 0.4) is 0 Å². The van der Waals surface area contributed by atoms with Gasteiger partial charge in [0.15, 0.2) is 4.80 Å². The van der Waals surface area contributed by atoms with E-state index in [-0.39, 0.29) is 11.7 Å². The van der Waals surface area contributed by atoms with Gasteiger partial charge in [0.1, 0.15) is 11.5 Å². The molecular weight excluding hydrogens is 452 g/mol. The molecule has 0 aliphatic carbocycles. The Morgan fingerprint density at radius 3 is 2.44 bits per heavy atom. The summed E-state index contributed by atoms with van der Waals surface area (Å²) in [7, 11) is 3.19. The first kappa shape index (κ1) is 23.5. The average Bonchev–Trinajstić information content (AvgIpc) is 3.12. The number of carbonyl (C=O) groups excluding carboxylic acids is 1. The molecule has 0 fully saturated rings. The van der Waals surface area contributed by atoms with Crippen molar-refractivity contribution in [2.75, 3.05) is 14.2 Å². The van der Waals surface area contributed by atoms with Gasteiger partial charge in [0.25, 0.3) is 5.56 Å². The number of carbonyl (C=O) groups is 1. The Hall–Kier alpha value is -3.65. The Morgan fingerprint density at radius 1 is 1.09 bits per heavy atom. The highest BCUT2D eigenvalue weighted by molar-refractivity contribution is 7.07. The predicted molar refractivity (Wildman–Crippen MR) is 131 cm³/mol.